The van der Waals surface area contributed by atoms with E-state index in [0.717, 1.165) is 31.2 Å². The SMILES string of the molecule is COc1ccc(/C=C2/SC3CCC(C(=O)NC(C)CCc4ccccc4)CC3NC2=O)cc1OC. The monoisotopic (exact) mass is 494 g/mol. The molecule has 2 N–H and O–H groups in total. The zero-order valence-electron chi connectivity index (χ0n) is 20.6. The van der Waals surface area contributed by atoms with Gasteiger partial charge in [-0.2, -0.15) is 0 Å². The second-order valence-corrected chi connectivity index (χ2v) is 10.6. The van der Waals surface area contributed by atoms with Gasteiger partial charge in [0.15, 0.2) is 11.5 Å². The molecule has 1 aliphatic carbocycles. The first-order chi connectivity index (χ1) is 17.0. The number of amides is 2. The molecule has 1 saturated carbocycles. The summed E-state index contributed by atoms with van der Waals surface area (Å²) in [6.45, 7) is 2.07. The van der Waals surface area contributed by atoms with Crippen molar-refractivity contribution in [1.82, 2.24) is 10.6 Å². The summed E-state index contributed by atoms with van der Waals surface area (Å²) < 4.78 is 10.7. The average Bonchev–Trinajstić information content (AvgIpc) is 2.88. The highest BCUT2D eigenvalue weighted by Gasteiger charge is 2.39. The Morgan fingerprint density at radius 2 is 1.91 bits per heavy atom. The maximum absolute atomic E-state index is 12.9. The fourth-order valence-corrected chi connectivity index (χ4v) is 6.08. The smallest absolute Gasteiger partial charge is 0.257 e. The van der Waals surface area contributed by atoms with Crippen molar-refractivity contribution in [2.45, 2.75) is 56.4 Å². The summed E-state index contributed by atoms with van der Waals surface area (Å²) in [4.78, 5) is 26.5. The first-order valence-electron chi connectivity index (χ1n) is 12.2. The number of carbonyl (C=O) groups excluding carboxylic acids is 2. The van der Waals surface area contributed by atoms with Gasteiger partial charge in [-0.3, -0.25) is 9.59 Å². The molecule has 4 rings (SSSR count). The standard InChI is InChI=1S/C28H34N2O4S/c1-18(9-10-19-7-5-4-6-8-19)29-27(31)21-12-14-25-22(17-21)30-28(32)26(35-25)16-20-11-13-23(33-2)24(15-20)34-3/h4-8,11,13,15-16,18,21-22,25H,9-10,12,14,17H2,1-3H3,(H,29,31)(H,30,32)/b26-16+. The summed E-state index contributed by atoms with van der Waals surface area (Å²) in [6.07, 6.45) is 6.17. The van der Waals surface area contributed by atoms with E-state index in [4.69, 9.17) is 9.47 Å². The van der Waals surface area contributed by atoms with E-state index in [-0.39, 0.29) is 35.1 Å². The van der Waals surface area contributed by atoms with Crippen LogP contribution in [0.3, 0.4) is 0 Å². The van der Waals surface area contributed by atoms with Crippen LogP contribution in [0, 0.1) is 5.92 Å². The fraction of sp³-hybridized carbons (Fsp3) is 0.429. The summed E-state index contributed by atoms with van der Waals surface area (Å²) in [5.74, 6) is 1.25. The Morgan fingerprint density at radius 1 is 1.14 bits per heavy atom. The van der Waals surface area contributed by atoms with Crippen LogP contribution >= 0.6 is 11.8 Å². The Labute approximate surface area is 211 Å². The Hall–Kier alpha value is -2.93. The molecule has 1 heterocycles. The van der Waals surface area contributed by atoms with Crippen LogP contribution in [0.2, 0.25) is 0 Å². The van der Waals surface area contributed by atoms with Gasteiger partial charge in [0.1, 0.15) is 0 Å². The number of aryl methyl sites for hydroxylation is 1. The van der Waals surface area contributed by atoms with E-state index in [1.54, 1.807) is 26.0 Å². The first-order valence-corrected chi connectivity index (χ1v) is 13.1. The zero-order chi connectivity index (χ0) is 24.8. The van der Waals surface area contributed by atoms with Crippen molar-refractivity contribution in [2.75, 3.05) is 14.2 Å². The number of hydrogen-bond donors (Lipinski definition) is 2. The number of hydrogen-bond acceptors (Lipinski definition) is 5. The molecule has 2 aromatic rings. The van der Waals surface area contributed by atoms with Crippen molar-refractivity contribution in [3.63, 3.8) is 0 Å². The van der Waals surface area contributed by atoms with Gasteiger partial charge >= 0.3 is 0 Å². The minimum Gasteiger partial charge on any atom is -0.493 e. The normalized spacial score (nSPS) is 23.7. The largest absolute Gasteiger partial charge is 0.493 e. The van der Waals surface area contributed by atoms with E-state index in [9.17, 15) is 9.59 Å². The molecule has 6 nitrogen and oxygen atoms in total. The lowest BCUT2D eigenvalue weighted by molar-refractivity contribution is -0.127. The molecule has 2 amide bonds. The predicted molar refractivity (Wildman–Crippen MR) is 141 cm³/mol. The average molecular weight is 495 g/mol. The summed E-state index contributed by atoms with van der Waals surface area (Å²) in [5, 5.41) is 6.63. The highest BCUT2D eigenvalue weighted by molar-refractivity contribution is 8.04. The lowest BCUT2D eigenvalue weighted by atomic mass is 9.84. The van der Waals surface area contributed by atoms with Gasteiger partial charge in [-0.25, -0.2) is 0 Å². The van der Waals surface area contributed by atoms with Crippen LogP contribution < -0.4 is 20.1 Å². The zero-order valence-corrected chi connectivity index (χ0v) is 21.4. The number of nitrogens with one attached hydrogen (secondary N) is 2. The van der Waals surface area contributed by atoms with Crippen molar-refractivity contribution < 1.29 is 19.1 Å². The molecule has 1 saturated heterocycles. The van der Waals surface area contributed by atoms with Crippen LogP contribution in [0.25, 0.3) is 6.08 Å². The quantitative estimate of drug-likeness (QED) is 0.525. The highest BCUT2D eigenvalue weighted by Crippen LogP contribution is 2.40. The van der Waals surface area contributed by atoms with Gasteiger partial charge in [0.2, 0.25) is 5.91 Å². The number of thioether (sulfide) groups is 1. The van der Waals surface area contributed by atoms with Crippen molar-refractivity contribution in [2.24, 2.45) is 5.92 Å². The molecule has 0 aromatic heterocycles. The third-order valence-corrected chi connectivity index (χ3v) is 8.20. The molecule has 35 heavy (non-hydrogen) atoms. The van der Waals surface area contributed by atoms with Crippen LogP contribution in [0.5, 0.6) is 11.5 Å². The summed E-state index contributed by atoms with van der Waals surface area (Å²) in [7, 11) is 3.20. The molecule has 0 spiro atoms. The predicted octanol–water partition coefficient (Wildman–Crippen LogP) is 4.58. The Kier molecular flexibility index (Phi) is 8.39. The van der Waals surface area contributed by atoms with Gasteiger partial charge in [-0.15, -0.1) is 11.8 Å². The Balaban J connectivity index is 1.31. The van der Waals surface area contributed by atoms with Gasteiger partial charge in [-0.1, -0.05) is 36.4 Å². The molecule has 0 radical (unpaired) electrons. The minimum absolute atomic E-state index is 0.0131. The van der Waals surface area contributed by atoms with Crippen molar-refractivity contribution in [3.05, 3.63) is 64.6 Å². The molecule has 1 aliphatic heterocycles. The van der Waals surface area contributed by atoms with Crippen LogP contribution in [-0.4, -0.2) is 43.4 Å². The van der Waals surface area contributed by atoms with Crippen LogP contribution in [0.1, 0.15) is 43.7 Å². The van der Waals surface area contributed by atoms with E-state index >= 15 is 0 Å². The third kappa shape index (κ3) is 6.40. The molecule has 7 heteroatoms. The number of fused-ring (bicyclic) bond motifs is 1. The first kappa shape index (κ1) is 25.2. The van der Waals surface area contributed by atoms with Crippen LogP contribution in [-0.2, 0) is 16.0 Å². The second kappa shape index (κ2) is 11.7. The molecule has 4 unspecified atom stereocenters. The topological polar surface area (TPSA) is 76.7 Å². The van der Waals surface area contributed by atoms with Gasteiger partial charge in [-0.05, 0) is 68.4 Å². The van der Waals surface area contributed by atoms with Crippen molar-refractivity contribution in [1.29, 1.82) is 0 Å². The molecule has 0 bridgehead atoms. The fourth-order valence-electron chi connectivity index (χ4n) is 4.78. The van der Waals surface area contributed by atoms with E-state index < -0.39 is 0 Å². The van der Waals surface area contributed by atoms with E-state index in [0.29, 0.717) is 22.8 Å². The second-order valence-electron chi connectivity index (χ2n) is 9.30. The highest BCUT2D eigenvalue weighted by atomic mass is 32.2. The molecule has 2 fully saturated rings. The maximum atomic E-state index is 12.9. The van der Waals surface area contributed by atoms with Gasteiger partial charge < -0.3 is 20.1 Å². The summed E-state index contributed by atoms with van der Waals surface area (Å²) >= 11 is 1.62. The number of benzene rings is 2. The van der Waals surface area contributed by atoms with Crippen LogP contribution in [0.15, 0.2) is 53.4 Å². The molecule has 186 valence electrons. The van der Waals surface area contributed by atoms with Crippen LogP contribution in [0.4, 0.5) is 0 Å². The Bertz CT molecular complexity index is 1070. The van der Waals surface area contributed by atoms with E-state index in [2.05, 4.69) is 29.7 Å². The van der Waals surface area contributed by atoms with E-state index in [1.807, 2.05) is 42.5 Å². The van der Waals surface area contributed by atoms with Gasteiger partial charge in [0.05, 0.1) is 19.1 Å². The summed E-state index contributed by atoms with van der Waals surface area (Å²) in [5.41, 5.74) is 2.17. The molecular formula is C28H34N2O4S. The van der Waals surface area contributed by atoms with Gasteiger partial charge in [0, 0.05) is 23.3 Å². The number of rotatable bonds is 8. The molecule has 2 aromatic carbocycles. The minimum atomic E-state index is -0.0803. The summed E-state index contributed by atoms with van der Waals surface area (Å²) in [6, 6.07) is 16.1. The lowest BCUT2D eigenvalue weighted by Gasteiger charge is -2.39. The molecular weight excluding hydrogens is 460 g/mol. The lowest BCUT2D eigenvalue weighted by Crippen LogP contribution is -2.52. The van der Waals surface area contributed by atoms with E-state index in [1.165, 1.54) is 5.56 Å². The van der Waals surface area contributed by atoms with Crippen molar-refractivity contribution >= 4 is 29.7 Å². The number of methoxy groups -OCH3 is 2. The number of ether oxygens (including phenoxy) is 2. The maximum Gasteiger partial charge on any atom is 0.257 e. The van der Waals surface area contributed by atoms with Gasteiger partial charge in [0.25, 0.3) is 5.91 Å². The van der Waals surface area contributed by atoms with Crippen molar-refractivity contribution in [3.8, 4) is 11.5 Å². The molecule has 4 atom stereocenters. The Morgan fingerprint density at radius 3 is 2.66 bits per heavy atom. The molecule has 2 aliphatic rings. The third-order valence-electron chi connectivity index (χ3n) is 6.78. The number of carbonyl (C=O) groups is 2.